The van der Waals surface area contributed by atoms with Gasteiger partial charge >= 0.3 is 6.18 Å². The SMILES string of the molecule is CC(C)C(=O)N1c2ccccc2NC2=C(C(=O)CC(C)(C)C2)[C@H]1c1ccc(C(F)(F)F)cc1. The number of hydrogen-bond acceptors (Lipinski definition) is 3. The van der Waals surface area contributed by atoms with Crippen LogP contribution >= 0.6 is 0 Å². The summed E-state index contributed by atoms with van der Waals surface area (Å²) in [7, 11) is 0. The molecule has 174 valence electrons. The number of amides is 1. The van der Waals surface area contributed by atoms with E-state index in [2.05, 4.69) is 5.32 Å². The lowest BCUT2D eigenvalue weighted by Crippen LogP contribution is -2.41. The highest BCUT2D eigenvalue weighted by Gasteiger charge is 2.43. The molecule has 1 amide bonds. The summed E-state index contributed by atoms with van der Waals surface area (Å²) in [6.45, 7) is 7.57. The lowest BCUT2D eigenvalue weighted by Gasteiger charge is -2.37. The van der Waals surface area contributed by atoms with Gasteiger partial charge in [-0.3, -0.25) is 14.5 Å². The highest BCUT2D eigenvalue weighted by molar-refractivity contribution is 6.06. The Hall–Kier alpha value is -3.09. The van der Waals surface area contributed by atoms with E-state index in [0.717, 1.165) is 12.1 Å². The number of para-hydroxylation sites is 2. The molecule has 0 spiro atoms. The van der Waals surface area contributed by atoms with E-state index < -0.39 is 17.8 Å². The second-order valence-electron chi connectivity index (χ2n) is 9.86. The van der Waals surface area contributed by atoms with Crippen molar-refractivity contribution >= 4 is 23.1 Å². The van der Waals surface area contributed by atoms with Crippen LogP contribution in [-0.4, -0.2) is 11.7 Å². The topological polar surface area (TPSA) is 49.4 Å². The van der Waals surface area contributed by atoms with E-state index in [0.29, 0.717) is 41.1 Å². The number of halogens is 3. The van der Waals surface area contributed by atoms with Gasteiger partial charge in [0.25, 0.3) is 0 Å². The van der Waals surface area contributed by atoms with E-state index in [-0.39, 0.29) is 23.0 Å². The second kappa shape index (κ2) is 8.04. The van der Waals surface area contributed by atoms with Crippen molar-refractivity contribution in [2.75, 3.05) is 10.2 Å². The maximum atomic E-state index is 13.5. The Bertz CT molecular complexity index is 1130. The minimum atomic E-state index is -4.47. The Morgan fingerprint density at radius 3 is 2.30 bits per heavy atom. The van der Waals surface area contributed by atoms with Gasteiger partial charge in [0.1, 0.15) is 0 Å². The number of carbonyl (C=O) groups excluding carboxylic acids is 2. The number of Topliss-reactive ketones (excluding diaryl/α,β-unsaturated/α-hetero) is 1. The van der Waals surface area contributed by atoms with Gasteiger partial charge in [-0.15, -0.1) is 0 Å². The molecule has 0 aromatic heterocycles. The maximum Gasteiger partial charge on any atom is 0.416 e. The molecule has 1 atom stereocenters. The van der Waals surface area contributed by atoms with Crippen LogP contribution in [0.3, 0.4) is 0 Å². The first kappa shape index (κ1) is 23.1. The molecule has 4 rings (SSSR count). The van der Waals surface area contributed by atoms with E-state index in [1.54, 1.807) is 30.9 Å². The van der Waals surface area contributed by atoms with Crippen LogP contribution in [0.1, 0.15) is 57.7 Å². The Morgan fingerprint density at radius 2 is 1.70 bits per heavy atom. The van der Waals surface area contributed by atoms with E-state index in [1.165, 1.54) is 12.1 Å². The van der Waals surface area contributed by atoms with E-state index in [9.17, 15) is 22.8 Å². The molecule has 2 aromatic rings. The fourth-order valence-electron chi connectivity index (χ4n) is 4.68. The first-order chi connectivity index (χ1) is 15.4. The number of nitrogens with zero attached hydrogens (tertiary/aromatic N) is 1. The number of hydrogen-bond donors (Lipinski definition) is 1. The van der Waals surface area contributed by atoms with Crippen LogP contribution < -0.4 is 10.2 Å². The molecular weight excluding hydrogens is 429 g/mol. The van der Waals surface area contributed by atoms with Gasteiger partial charge in [-0.2, -0.15) is 13.2 Å². The van der Waals surface area contributed by atoms with Crippen molar-refractivity contribution < 1.29 is 22.8 Å². The van der Waals surface area contributed by atoms with Crippen molar-refractivity contribution in [3.63, 3.8) is 0 Å². The zero-order valence-corrected chi connectivity index (χ0v) is 19.1. The fraction of sp³-hybridized carbons (Fsp3) is 0.385. The molecule has 4 nitrogen and oxygen atoms in total. The van der Waals surface area contributed by atoms with Gasteiger partial charge < -0.3 is 5.32 Å². The number of rotatable bonds is 2. The number of nitrogens with one attached hydrogen (secondary N) is 1. The number of fused-ring (bicyclic) bond motifs is 1. The lowest BCUT2D eigenvalue weighted by molar-refractivity contribution is -0.137. The summed E-state index contributed by atoms with van der Waals surface area (Å²) in [4.78, 5) is 28.6. The van der Waals surface area contributed by atoms with Crippen molar-refractivity contribution in [3.8, 4) is 0 Å². The highest BCUT2D eigenvalue weighted by Crippen LogP contribution is 2.48. The number of carbonyl (C=O) groups is 2. The maximum absolute atomic E-state index is 13.5. The van der Waals surface area contributed by atoms with Crippen molar-refractivity contribution in [2.45, 2.75) is 52.8 Å². The molecule has 0 fully saturated rings. The quantitative estimate of drug-likeness (QED) is 0.561. The molecule has 33 heavy (non-hydrogen) atoms. The van der Waals surface area contributed by atoms with Gasteiger partial charge in [0.15, 0.2) is 5.78 Å². The number of anilines is 2. The normalized spacial score (nSPS) is 20.2. The number of ketones is 1. The van der Waals surface area contributed by atoms with Crippen molar-refractivity contribution in [1.29, 1.82) is 0 Å². The molecule has 7 heteroatoms. The van der Waals surface area contributed by atoms with E-state index in [1.807, 2.05) is 26.0 Å². The Morgan fingerprint density at radius 1 is 1.06 bits per heavy atom. The zero-order chi connectivity index (χ0) is 24.1. The average Bonchev–Trinajstić information content (AvgIpc) is 2.86. The third-order valence-corrected chi connectivity index (χ3v) is 6.19. The molecule has 1 N–H and O–H groups in total. The van der Waals surface area contributed by atoms with Crippen molar-refractivity contribution in [3.05, 3.63) is 70.9 Å². The molecular formula is C26H27F3N2O2. The van der Waals surface area contributed by atoms with Crippen molar-refractivity contribution in [1.82, 2.24) is 0 Å². The minimum Gasteiger partial charge on any atom is -0.357 e. The first-order valence-electron chi connectivity index (χ1n) is 11.0. The second-order valence-corrected chi connectivity index (χ2v) is 9.86. The predicted octanol–water partition coefficient (Wildman–Crippen LogP) is 6.50. The van der Waals surface area contributed by atoms with Gasteiger partial charge in [0, 0.05) is 23.6 Å². The monoisotopic (exact) mass is 456 g/mol. The van der Waals surface area contributed by atoms with Gasteiger partial charge in [-0.25, -0.2) is 0 Å². The first-order valence-corrected chi connectivity index (χ1v) is 11.0. The third kappa shape index (κ3) is 4.28. The predicted molar refractivity (Wildman–Crippen MR) is 122 cm³/mol. The molecule has 1 aliphatic carbocycles. The van der Waals surface area contributed by atoms with Crippen molar-refractivity contribution in [2.24, 2.45) is 11.3 Å². The Balaban J connectivity index is 1.98. The largest absolute Gasteiger partial charge is 0.416 e. The van der Waals surface area contributed by atoms with Crippen LogP contribution in [0.15, 0.2) is 59.8 Å². The van der Waals surface area contributed by atoms with Crippen LogP contribution in [0.5, 0.6) is 0 Å². The summed E-state index contributed by atoms with van der Waals surface area (Å²) in [5.41, 5.74) is 1.87. The summed E-state index contributed by atoms with van der Waals surface area (Å²) < 4.78 is 39.6. The average molecular weight is 457 g/mol. The van der Waals surface area contributed by atoms with Crippen LogP contribution in [-0.2, 0) is 15.8 Å². The summed E-state index contributed by atoms with van der Waals surface area (Å²) >= 11 is 0. The summed E-state index contributed by atoms with van der Waals surface area (Å²) in [6, 6.07) is 11.2. The number of benzene rings is 2. The number of allylic oxidation sites excluding steroid dienone is 1. The Kier molecular flexibility index (Phi) is 5.63. The molecule has 0 saturated heterocycles. The molecule has 0 bridgehead atoms. The van der Waals surface area contributed by atoms with E-state index in [4.69, 9.17) is 0 Å². The van der Waals surface area contributed by atoms with Gasteiger partial charge in [0.2, 0.25) is 5.91 Å². The molecule has 0 saturated carbocycles. The van der Waals surface area contributed by atoms with Crippen LogP contribution in [0.25, 0.3) is 0 Å². The summed E-state index contributed by atoms with van der Waals surface area (Å²) in [5, 5.41) is 3.39. The highest BCUT2D eigenvalue weighted by atomic mass is 19.4. The Labute approximate surface area is 191 Å². The van der Waals surface area contributed by atoms with Crippen LogP contribution in [0.2, 0.25) is 0 Å². The van der Waals surface area contributed by atoms with Gasteiger partial charge in [0.05, 0.1) is 23.0 Å². The van der Waals surface area contributed by atoms with Crippen LogP contribution in [0.4, 0.5) is 24.5 Å². The number of alkyl halides is 3. The van der Waals surface area contributed by atoms with Gasteiger partial charge in [-0.05, 0) is 41.7 Å². The molecule has 0 unspecified atom stereocenters. The molecule has 1 heterocycles. The lowest BCUT2D eigenvalue weighted by atomic mass is 9.73. The van der Waals surface area contributed by atoms with Gasteiger partial charge in [-0.1, -0.05) is 52.0 Å². The standard InChI is InChI=1S/C26H27F3N2O2/c1-15(2)24(33)31-20-8-6-5-7-18(20)30-19-13-25(3,4)14-21(32)22(19)23(31)16-9-11-17(12-10-16)26(27,28)29/h5-12,15,23,30H,13-14H2,1-4H3/t23-/m1/s1. The molecule has 2 aromatic carbocycles. The molecule has 1 aliphatic heterocycles. The third-order valence-electron chi connectivity index (χ3n) is 6.19. The van der Waals surface area contributed by atoms with Crippen LogP contribution in [0, 0.1) is 11.3 Å². The zero-order valence-electron chi connectivity index (χ0n) is 19.1. The minimum absolute atomic E-state index is 0.104. The summed E-state index contributed by atoms with van der Waals surface area (Å²) in [5.74, 6) is -0.694. The fourth-order valence-corrected chi connectivity index (χ4v) is 4.68. The summed E-state index contributed by atoms with van der Waals surface area (Å²) in [6.07, 6.45) is -3.59. The molecule has 2 aliphatic rings. The van der Waals surface area contributed by atoms with E-state index >= 15 is 0 Å². The smallest absolute Gasteiger partial charge is 0.357 e. The molecule has 0 radical (unpaired) electrons.